The average Bonchev–Trinajstić information content (AvgIpc) is 2.69. The Morgan fingerprint density at radius 3 is 2.78 bits per heavy atom. The Balaban J connectivity index is 1.62. The summed E-state index contributed by atoms with van der Waals surface area (Å²) >= 11 is 0. The number of benzene rings is 1. The van der Waals surface area contributed by atoms with Crippen molar-refractivity contribution in [2.45, 2.75) is 38.6 Å². The van der Waals surface area contributed by atoms with E-state index in [1.807, 2.05) is 19.1 Å². The maximum atomic E-state index is 12.1. The minimum absolute atomic E-state index is 0.00396. The van der Waals surface area contributed by atoms with Gasteiger partial charge in [-0.15, -0.1) is 0 Å². The smallest absolute Gasteiger partial charge is 0.237 e. The van der Waals surface area contributed by atoms with Gasteiger partial charge in [0.25, 0.3) is 0 Å². The molecule has 1 saturated heterocycles. The number of rotatable bonds is 3. The average molecular weight is 363 g/mol. The third-order valence-corrected chi connectivity index (χ3v) is 5.59. The first kappa shape index (κ1) is 19.1. The number of fused-ring (bicyclic) bond motifs is 1. The lowest BCUT2D eigenvalue weighted by Gasteiger charge is -2.35. The molecule has 27 heavy (non-hydrogen) atoms. The van der Waals surface area contributed by atoms with Gasteiger partial charge in [-0.25, -0.2) is 0 Å². The maximum Gasteiger partial charge on any atom is 0.237 e. The molecule has 1 aromatic carbocycles. The van der Waals surface area contributed by atoms with Crippen LogP contribution in [-0.4, -0.2) is 48.2 Å². The van der Waals surface area contributed by atoms with Crippen LogP contribution in [0.25, 0.3) is 0 Å². The first-order valence-electron chi connectivity index (χ1n) is 9.58. The first-order valence-corrected chi connectivity index (χ1v) is 9.58. The van der Waals surface area contributed by atoms with Crippen molar-refractivity contribution in [3.05, 3.63) is 34.9 Å². The van der Waals surface area contributed by atoms with Gasteiger partial charge in [0.05, 0.1) is 18.7 Å². The fourth-order valence-corrected chi connectivity index (χ4v) is 3.92. The molecule has 1 aromatic rings. The number of nitrogens with zero attached hydrogens (tertiary/aromatic N) is 3. The highest BCUT2D eigenvalue weighted by molar-refractivity contribution is 5.79. The summed E-state index contributed by atoms with van der Waals surface area (Å²) in [6.45, 7) is 5.27. The van der Waals surface area contributed by atoms with E-state index in [2.05, 4.69) is 28.9 Å². The van der Waals surface area contributed by atoms with Crippen LogP contribution >= 0.6 is 0 Å². The van der Waals surface area contributed by atoms with Crippen LogP contribution in [0.3, 0.4) is 0 Å². The lowest BCUT2D eigenvalue weighted by Crippen LogP contribution is -2.38. The lowest BCUT2D eigenvalue weighted by molar-refractivity contribution is -0.132. The summed E-state index contributed by atoms with van der Waals surface area (Å²) in [5.74, 6) is 6.62. The summed E-state index contributed by atoms with van der Waals surface area (Å²) in [7, 11) is 0. The van der Waals surface area contributed by atoms with Crippen molar-refractivity contribution in [3.63, 3.8) is 0 Å². The number of piperidine rings is 1. The van der Waals surface area contributed by atoms with E-state index in [4.69, 9.17) is 5.26 Å². The molecule has 0 radical (unpaired) electrons. The van der Waals surface area contributed by atoms with Crippen molar-refractivity contribution in [3.8, 4) is 17.9 Å². The summed E-state index contributed by atoms with van der Waals surface area (Å²) < 4.78 is 0. The van der Waals surface area contributed by atoms with Gasteiger partial charge in [0, 0.05) is 18.0 Å². The second kappa shape index (κ2) is 8.84. The minimum atomic E-state index is -0.0992. The molecule has 0 aromatic heterocycles. The van der Waals surface area contributed by atoms with Crippen molar-refractivity contribution >= 4 is 12.2 Å². The molecule has 2 heterocycles. The van der Waals surface area contributed by atoms with Crippen LogP contribution in [0, 0.1) is 29.1 Å². The molecule has 2 aliphatic heterocycles. The lowest BCUT2D eigenvalue weighted by atomic mass is 9.91. The van der Waals surface area contributed by atoms with Gasteiger partial charge < -0.3 is 9.69 Å². The third kappa shape index (κ3) is 4.56. The van der Waals surface area contributed by atoms with E-state index in [0.29, 0.717) is 6.54 Å². The molecule has 1 atom stereocenters. The van der Waals surface area contributed by atoms with Gasteiger partial charge in [-0.2, -0.15) is 5.26 Å². The van der Waals surface area contributed by atoms with Gasteiger partial charge in [-0.1, -0.05) is 17.9 Å². The third-order valence-electron chi connectivity index (χ3n) is 5.59. The predicted molar refractivity (Wildman–Crippen MR) is 103 cm³/mol. The molecule has 0 N–H and O–H groups in total. The molecule has 5 nitrogen and oxygen atoms in total. The van der Waals surface area contributed by atoms with E-state index in [1.54, 1.807) is 4.90 Å². The van der Waals surface area contributed by atoms with E-state index >= 15 is 0 Å². The van der Waals surface area contributed by atoms with Gasteiger partial charge in [0.15, 0.2) is 0 Å². The molecule has 0 bridgehead atoms. The second-order valence-corrected chi connectivity index (χ2v) is 7.31. The van der Waals surface area contributed by atoms with Crippen molar-refractivity contribution < 1.29 is 9.59 Å². The standard InChI is InChI=1S/C22H25N3O2/c1-17-21-5-4-18(3-2-11-24-12-7-19(16-26)8-13-24)15-20(21)9-14-25(17)22(27)6-10-23/h4-5,15-17,19H,6-9,11-14H2,1H3. The first-order chi connectivity index (χ1) is 13.1. The quantitative estimate of drug-likeness (QED) is 0.611. The Kier molecular flexibility index (Phi) is 6.27. The molecule has 0 saturated carbocycles. The van der Waals surface area contributed by atoms with E-state index in [1.165, 1.54) is 5.56 Å². The van der Waals surface area contributed by atoms with Crippen LogP contribution in [0.15, 0.2) is 18.2 Å². The summed E-state index contributed by atoms with van der Waals surface area (Å²) in [5.41, 5.74) is 3.39. The number of carbonyl (C=O) groups excluding carboxylic acids is 2. The normalized spacial score (nSPS) is 20.1. The van der Waals surface area contributed by atoms with Crippen LogP contribution in [0.5, 0.6) is 0 Å². The molecule has 1 fully saturated rings. The molecular weight excluding hydrogens is 338 g/mol. The number of likely N-dealkylation sites (tertiary alicyclic amines) is 1. The zero-order valence-electron chi connectivity index (χ0n) is 15.8. The summed E-state index contributed by atoms with van der Waals surface area (Å²) in [5, 5.41) is 8.76. The number of nitriles is 1. The van der Waals surface area contributed by atoms with Gasteiger partial charge in [-0.3, -0.25) is 9.69 Å². The van der Waals surface area contributed by atoms with E-state index in [9.17, 15) is 9.59 Å². The Labute approximate surface area is 160 Å². The maximum absolute atomic E-state index is 12.1. The predicted octanol–water partition coefficient (Wildman–Crippen LogP) is 2.31. The zero-order chi connectivity index (χ0) is 19.2. The molecule has 1 amide bonds. The number of hydrogen-bond donors (Lipinski definition) is 0. The van der Waals surface area contributed by atoms with Gasteiger partial charge >= 0.3 is 0 Å². The SMILES string of the molecule is CC1c2ccc(C#CCN3CCC(C=O)CC3)cc2CCN1C(=O)CC#N. The fraction of sp³-hybridized carbons (Fsp3) is 0.500. The van der Waals surface area contributed by atoms with E-state index in [0.717, 1.165) is 56.3 Å². The van der Waals surface area contributed by atoms with Crippen LogP contribution in [0.2, 0.25) is 0 Å². The number of amides is 1. The van der Waals surface area contributed by atoms with Gasteiger partial charge in [-0.05, 0) is 62.5 Å². The second-order valence-electron chi connectivity index (χ2n) is 7.31. The van der Waals surface area contributed by atoms with E-state index in [-0.39, 0.29) is 24.3 Å². The Bertz CT molecular complexity index is 807. The Hall–Kier alpha value is -2.63. The van der Waals surface area contributed by atoms with Crippen LogP contribution < -0.4 is 0 Å². The highest BCUT2D eigenvalue weighted by atomic mass is 16.2. The molecular formula is C22H25N3O2. The summed E-state index contributed by atoms with van der Waals surface area (Å²) in [4.78, 5) is 27.0. The molecule has 1 unspecified atom stereocenters. The summed E-state index contributed by atoms with van der Waals surface area (Å²) in [6.07, 6.45) is 3.68. The largest absolute Gasteiger partial charge is 0.335 e. The van der Waals surface area contributed by atoms with Gasteiger partial charge in [0.2, 0.25) is 5.91 Å². The molecule has 2 aliphatic rings. The van der Waals surface area contributed by atoms with Crippen molar-refractivity contribution in [1.29, 1.82) is 5.26 Å². The molecule has 0 spiro atoms. The van der Waals surface area contributed by atoms with Crippen LogP contribution in [0.4, 0.5) is 0 Å². The van der Waals surface area contributed by atoms with Gasteiger partial charge in [0.1, 0.15) is 12.7 Å². The Morgan fingerprint density at radius 2 is 2.07 bits per heavy atom. The zero-order valence-corrected chi connectivity index (χ0v) is 15.8. The number of aldehydes is 1. The van der Waals surface area contributed by atoms with Crippen LogP contribution in [-0.2, 0) is 16.0 Å². The topological polar surface area (TPSA) is 64.4 Å². The minimum Gasteiger partial charge on any atom is -0.335 e. The van der Waals surface area contributed by atoms with E-state index < -0.39 is 0 Å². The Morgan fingerprint density at radius 1 is 1.30 bits per heavy atom. The molecule has 140 valence electrons. The monoisotopic (exact) mass is 363 g/mol. The van der Waals surface area contributed by atoms with Crippen LogP contribution in [0.1, 0.15) is 48.9 Å². The summed E-state index contributed by atoms with van der Waals surface area (Å²) in [6, 6.07) is 8.14. The molecule has 3 rings (SSSR count). The molecule has 0 aliphatic carbocycles. The highest BCUT2D eigenvalue weighted by Gasteiger charge is 2.27. The number of hydrogen-bond acceptors (Lipinski definition) is 4. The molecule has 5 heteroatoms. The number of carbonyl (C=O) groups is 2. The van der Waals surface area contributed by atoms with Crippen molar-refractivity contribution in [2.24, 2.45) is 5.92 Å². The van der Waals surface area contributed by atoms with Crippen molar-refractivity contribution in [2.75, 3.05) is 26.2 Å². The van der Waals surface area contributed by atoms with Crippen molar-refractivity contribution in [1.82, 2.24) is 9.80 Å². The fourth-order valence-electron chi connectivity index (χ4n) is 3.92. The highest BCUT2D eigenvalue weighted by Crippen LogP contribution is 2.30.